The molecule has 0 aliphatic heterocycles. The molecule has 0 aromatic rings. The molecule has 0 aliphatic rings. The zero-order valence-corrected chi connectivity index (χ0v) is 7.10. The quantitative estimate of drug-likeness (QED) is 0.337. The van der Waals surface area contributed by atoms with Crippen molar-refractivity contribution < 1.29 is 27.5 Å². The third-order valence-corrected chi connectivity index (χ3v) is 1.12. The first-order valence-corrected chi connectivity index (χ1v) is 3.38. The van der Waals surface area contributed by atoms with Crippen LogP contribution in [-0.2, 0) is 4.79 Å². The van der Waals surface area contributed by atoms with Gasteiger partial charge < -0.3 is 5.11 Å². The summed E-state index contributed by atoms with van der Waals surface area (Å²) in [5.74, 6) is -1.89. The number of carboxylic acid groups (broad SMARTS) is 1. The molecule has 0 fully saturated rings. The number of aliphatic imine (C=N–C) groups is 1. The van der Waals surface area contributed by atoms with Gasteiger partial charge in [0.25, 0.3) is 0 Å². The number of carbonyl (C=O) groups is 1. The summed E-state index contributed by atoms with van der Waals surface area (Å²) in [6, 6.07) is 0. The molecular formula is C7H7F4NO2. The molecule has 14 heavy (non-hydrogen) atoms. The molecule has 0 aromatic heterocycles. The molecule has 1 atom stereocenters. The monoisotopic (exact) mass is 213 g/mol. The van der Waals surface area contributed by atoms with Crippen LogP contribution in [0.15, 0.2) is 17.1 Å². The van der Waals surface area contributed by atoms with Crippen LogP contribution in [0.4, 0.5) is 17.6 Å². The highest BCUT2D eigenvalue weighted by Gasteiger charge is 2.39. The molecule has 0 aromatic carbocycles. The number of rotatable bonds is 3. The van der Waals surface area contributed by atoms with Crippen LogP contribution in [0.5, 0.6) is 0 Å². The van der Waals surface area contributed by atoms with Crippen molar-refractivity contribution in [2.45, 2.75) is 19.4 Å². The zero-order valence-electron chi connectivity index (χ0n) is 7.10. The first-order valence-electron chi connectivity index (χ1n) is 3.38. The second kappa shape index (κ2) is 4.21. The van der Waals surface area contributed by atoms with Crippen LogP contribution in [0.3, 0.4) is 0 Å². The minimum absolute atomic E-state index is 0.751. The van der Waals surface area contributed by atoms with E-state index in [2.05, 4.69) is 11.6 Å². The van der Waals surface area contributed by atoms with Gasteiger partial charge in [-0.2, -0.15) is 13.2 Å². The lowest BCUT2D eigenvalue weighted by Gasteiger charge is -2.10. The number of alkyl halides is 4. The summed E-state index contributed by atoms with van der Waals surface area (Å²) < 4.78 is 48.4. The van der Waals surface area contributed by atoms with Crippen molar-refractivity contribution in [3.05, 3.63) is 12.2 Å². The lowest BCUT2D eigenvalue weighted by molar-refractivity contribution is -0.132. The summed E-state index contributed by atoms with van der Waals surface area (Å²) in [7, 11) is 0. The molecule has 0 aliphatic carbocycles. The summed E-state index contributed by atoms with van der Waals surface area (Å²) in [4.78, 5) is 12.7. The predicted molar refractivity (Wildman–Crippen MR) is 40.8 cm³/mol. The van der Waals surface area contributed by atoms with E-state index in [-0.39, 0.29) is 0 Å². The predicted octanol–water partition coefficient (Wildman–Crippen LogP) is 1.95. The number of hydrogen-bond acceptors (Lipinski definition) is 2. The van der Waals surface area contributed by atoms with Gasteiger partial charge in [-0.15, -0.1) is 0 Å². The SMILES string of the molecule is C=C(C(=O)O)/C(=N\C(C)F)C(F)(F)F. The average molecular weight is 213 g/mol. The van der Waals surface area contributed by atoms with Crippen LogP contribution >= 0.6 is 0 Å². The van der Waals surface area contributed by atoms with Gasteiger partial charge in [0.2, 0.25) is 0 Å². The maximum absolute atomic E-state index is 12.2. The molecule has 80 valence electrons. The highest BCUT2D eigenvalue weighted by Crippen LogP contribution is 2.22. The van der Waals surface area contributed by atoms with E-state index >= 15 is 0 Å². The number of nitrogens with zero attached hydrogens (tertiary/aromatic N) is 1. The van der Waals surface area contributed by atoms with Gasteiger partial charge in [-0.1, -0.05) is 6.58 Å². The van der Waals surface area contributed by atoms with Crippen LogP contribution < -0.4 is 0 Å². The van der Waals surface area contributed by atoms with Gasteiger partial charge in [0.15, 0.2) is 12.0 Å². The number of halogens is 4. The number of carboxylic acids is 1. The second-order valence-corrected chi connectivity index (χ2v) is 2.33. The first-order chi connectivity index (χ1) is 6.16. The van der Waals surface area contributed by atoms with Crippen LogP contribution in [-0.4, -0.2) is 29.3 Å². The zero-order chi connectivity index (χ0) is 11.5. The topological polar surface area (TPSA) is 49.7 Å². The van der Waals surface area contributed by atoms with E-state index in [0.717, 1.165) is 6.92 Å². The molecule has 3 nitrogen and oxygen atoms in total. The van der Waals surface area contributed by atoms with Crippen molar-refractivity contribution in [3.63, 3.8) is 0 Å². The Balaban J connectivity index is 5.14. The van der Waals surface area contributed by atoms with Crippen LogP contribution in [0.1, 0.15) is 6.92 Å². The Hall–Kier alpha value is -1.40. The third kappa shape index (κ3) is 3.55. The Kier molecular flexibility index (Phi) is 3.79. The van der Waals surface area contributed by atoms with E-state index in [9.17, 15) is 22.4 Å². The fourth-order valence-corrected chi connectivity index (χ4v) is 0.601. The summed E-state index contributed by atoms with van der Waals surface area (Å²) in [5, 5.41) is 8.23. The Morgan fingerprint density at radius 3 is 2.14 bits per heavy atom. The highest BCUT2D eigenvalue weighted by molar-refractivity contribution is 6.20. The van der Waals surface area contributed by atoms with Crippen LogP contribution in [0.2, 0.25) is 0 Å². The van der Waals surface area contributed by atoms with E-state index in [1.807, 2.05) is 0 Å². The number of hydrogen-bond donors (Lipinski definition) is 1. The lowest BCUT2D eigenvalue weighted by Crippen LogP contribution is -2.29. The Bertz CT molecular complexity index is 280. The van der Waals surface area contributed by atoms with Gasteiger partial charge >= 0.3 is 12.1 Å². The summed E-state index contributed by atoms with van der Waals surface area (Å²) in [5.41, 5.74) is -3.08. The van der Waals surface area contributed by atoms with E-state index in [4.69, 9.17) is 5.11 Å². The summed E-state index contributed by atoms with van der Waals surface area (Å²) in [6.45, 7) is 3.41. The van der Waals surface area contributed by atoms with Gasteiger partial charge in [-0.25, -0.2) is 14.2 Å². The second-order valence-electron chi connectivity index (χ2n) is 2.33. The standard InChI is InChI=1S/C7H7F4NO2/c1-3(6(13)14)5(7(9,10)11)12-4(2)8/h4H,1H2,2H3,(H,13,14)/b12-5+. The molecule has 1 unspecified atom stereocenters. The molecule has 0 spiro atoms. The average Bonchev–Trinajstić information content (AvgIpc) is 1.96. The third-order valence-electron chi connectivity index (χ3n) is 1.12. The molecule has 1 N–H and O–H groups in total. The molecular weight excluding hydrogens is 206 g/mol. The maximum atomic E-state index is 12.2. The van der Waals surface area contributed by atoms with Gasteiger partial charge in [0.1, 0.15) is 0 Å². The summed E-state index contributed by atoms with van der Waals surface area (Å²) >= 11 is 0. The lowest BCUT2D eigenvalue weighted by atomic mass is 10.2. The maximum Gasteiger partial charge on any atom is 0.433 e. The molecule has 0 amide bonds. The van der Waals surface area contributed by atoms with Crippen molar-refractivity contribution in [3.8, 4) is 0 Å². The van der Waals surface area contributed by atoms with Gasteiger partial charge in [-0.3, -0.25) is 0 Å². The largest absolute Gasteiger partial charge is 0.478 e. The van der Waals surface area contributed by atoms with E-state index in [1.54, 1.807) is 0 Å². The molecule has 0 radical (unpaired) electrons. The molecule has 0 saturated heterocycles. The van der Waals surface area contributed by atoms with E-state index in [0.29, 0.717) is 0 Å². The van der Waals surface area contributed by atoms with Crippen LogP contribution in [0.25, 0.3) is 0 Å². The van der Waals surface area contributed by atoms with Gasteiger partial charge in [0, 0.05) is 0 Å². The molecule has 0 heterocycles. The summed E-state index contributed by atoms with van der Waals surface area (Å²) in [6.07, 6.45) is -7.15. The highest BCUT2D eigenvalue weighted by atomic mass is 19.4. The number of aliphatic carboxylic acids is 1. The smallest absolute Gasteiger partial charge is 0.433 e. The van der Waals surface area contributed by atoms with Gasteiger partial charge in [-0.05, 0) is 6.92 Å². The van der Waals surface area contributed by atoms with Crippen molar-refractivity contribution >= 4 is 11.7 Å². The molecule has 0 bridgehead atoms. The van der Waals surface area contributed by atoms with Crippen molar-refractivity contribution in [1.29, 1.82) is 0 Å². The molecule has 0 rings (SSSR count). The van der Waals surface area contributed by atoms with Crippen molar-refractivity contribution in [1.82, 2.24) is 0 Å². The van der Waals surface area contributed by atoms with Crippen molar-refractivity contribution in [2.75, 3.05) is 0 Å². The van der Waals surface area contributed by atoms with Gasteiger partial charge in [0.05, 0.1) is 5.57 Å². The van der Waals surface area contributed by atoms with E-state index < -0.39 is 29.7 Å². The minimum atomic E-state index is -5.02. The Labute approximate surface area is 76.8 Å². The van der Waals surface area contributed by atoms with Crippen LogP contribution in [0, 0.1) is 0 Å². The minimum Gasteiger partial charge on any atom is -0.478 e. The Morgan fingerprint density at radius 1 is 1.50 bits per heavy atom. The first kappa shape index (κ1) is 12.6. The van der Waals surface area contributed by atoms with Crippen molar-refractivity contribution in [2.24, 2.45) is 4.99 Å². The fraction of sp³-hybridized carbons (Fsp3) is 0.429. The fourth-order valence-electron chi connectivity index (χ4n) is 0.601. The Morgan fingerprint density at radius 2 is 1.93 bits per heavy atom. The van der Waals surface area contributed by atoms with E-state index in [1.165, 1.54) is 0 Å². The molecule has 7 heteroatoms. The normalized spacial score (nSPS) is 15.1. The molecule has 0 saturated carbocycles.